The van der Waals surface area contributed by atoms with Crippen molar-refractivity contribution in [3.63, 3.8) is 0 Å². The molecule has 0 aliphatic carbocycles. The summed E-state index contributed by atoms with van der Waals surface area (Å²) < 4.78 is 20.2. The van der Waals surface area contributed by atoms with E-state index in [0.717, 1.165) is 4.90 Å². The van der Waals surface area contributed by atoms with Gasteiger partial charge in [0.2, 0.25) is 0 Å². The van der Waals surface area contributed by atoms with Crippen molar-refractivity contribution >= 4 is 22.6 Å². The molecule has 0 aliphatic rings. The molecule has 1 unspecified atom stereocenters. The van der Waals surface area contributed by atoms with E-state index in [9.17, 15) is 4.21 Å². The summed E-state index contributed by atoms with van der Waals surface area (Å²) in [5, 5.41) is 0.670. The Bertz CT molecular complexity index is 555. The van der Waals surface area contributed by atoms with Crippen LogP contribution in [0.5, 0.6) is 11.5 Å². The lowest BCUT2D eigenvalue weighted by atomic mass is 10.3. The monoisotopic (exact) mass is 295 g/mol. The van der Waals surface area contributed by atoms with Gasteiger partial charge in [-0.25, -0.2) is 8.93 Å². The molecule has 0 amide bonds. The fraction of sp³-hybridized carbons (Fsp3) is 0.143. The highest BCUT2D eigenvalue weighted by molar-refractivity contribution is 7.83. The van der Waals surface area contributed by atoms with E-state index < -0.39 is 11.0 Å². The van der Waals surface area contributed by atoms with Crippen LogP contribution in [-0.2, 0) is 11.0 Å². The molecule has 1 atom stereocenters. The van der Waals surface area contributed by atoms with Gasteiger partial charge in [-0.1, -0.05) is 18.5 Å². The van der Waals surface area contributed by atoms with Crippen LogP contribution in [0.15, 0.2) is 53.4 Å². The molecule has 0 aliphatic heterocycles. The van der Waals surface area contributed by atoms with Crippen molar-refractivity contribution < 1.29 is 8.95 Å². The minimum Gasteiger partial charge on any atom is -0.457 e. The molecule has 0 spiro atoms. The van der Waals surface area contributed by atoms with E-state index in [-0.39, 0.29) is 0 Å². The molecule has 0 fully saturated rings. The van der Waals surface area contributed by atoms with Crippen molar-refractivity contribution in [2.75, 3.05) is 6.54 Å². The largest absolute Gasteiger partial charge is 0.457 e. The van der Waals surface area contributed by atoms with Gasteiger partial charge in [0.15, 0.2) is 0 Å². The molecule has 0 saturated heterocycles. The number of nitrogens with one attached hydrogen (secondary N) is 1. The maximum absolute atomic E-state index is 11.7. The Morgan fingerprint density at radius 2 is 1.58 bits per heavy atom. The third-order valence-electron chi connectivity index (χ3n) is 2.36. The standard InChI is InChI=1S/C14H14ClNO2S/c1-2-16-19(17)14-9-7-13(8-10-14)18-12-5-3-11(15)4-6-12/h3-10,16H,2H2,1H3. The maximum Gasteiger partial charge on any atom is 0.127 e. The van der Waals surface area contributed by atoms with Crippen LogP contribution in [0.3, 0.4) is 0 Å². The molecule has 100 valence electrons. The van der Waals surface area contributed by atoms with Gasteiger partial charge in [0.1, 0.15) is 22.5 Å². The van der Waals surface area contributed by atoms with E-state index in [1.54, 1.807) is 48.5 Å². The van der Waals surface area contributed by atoms with E-state index in [2.05, 4.69) is 4.72 Å². The molecular weight excluding hydrogens is 282 g/mol. The van der Waals surface area contributed by atoms with Crippen LogP contribution >= 0.6 is 11.6 Å². The summed E-state index contributed by atoms with van der Waals surface area (Å²) in [4.78, 5) is 0.727. The van der Waals surface area contributed by atoms with E-state index in [0.29, 0.717) is 23.1 Å². The van der Waals surface area contributed by atoms with E-state index in [1.807, 2.05) is 6.92 Å². The average Bonchev–Trinajstić information content (AvgIpc) is 2.42. The summed E-state index contributed by atoms with van der Waals surface area (Å²) >= 11 is 5.80. The summed E-state index contributed by atoms with van der Waals surface area (Å²) in [6.45, 7) is 2.57. The van der Waals surface area contributed by atoms with Crippen LogP contribution < -0.4 is 9.46 Å². The molecule has 0 saturated carbocycles. The number of hydrogen-bond donors (Lipinski definition) is 1. The number of ether oxygens (including phenoxy) is 1. The van der Waals surface area contributed by atoms with Crippen LogP contribution in [0.2, 0.25) is 5.02 Å². The van der Waals surface area contributed by atoms with E-state index in [4.69, 9.17) is 16.3 Å². The fourth-order valence-electron chi connectivity index (χ4n) is 1.48. The van der Waals surface area contributed by atoms with Gasteiger partial charge in [0.25, 0.3) is 0 Å². The predicted octanol–water partition coefficient (Wildman–Crippen LogP) is 3.76. The smallest absolute Gasteiger partial charge is 0.127 e. The summed E-state index contributed by atoms with van der Waals surface area (Å²) in [6.07, 6.45) is 0. The first kappa shape index (κ1) is 14.1. The normalized spacial score (nSPS) is 12.1. The third kappa shape index (κ3) is 4.06. The first-order chi connectivity index (χ1) is 9.19. The molecule has 2 aromatic carbocycles. The van der Waals surface area contributed by atoms with Crippen molar-refractivity contribution in [3.8, 4) is 11.5 Å². The Kier molecular flexibility index (Phi) is 4.96. The molecule has 0 aromatic heterocycles. The van der Waals surface area contributed by atoms with Crippen LogP contribution in [0, 0.1) is 0 Å². The van der Waals surface area contributed by atoms with Crippen LogP contribution in [-0.4, -0.2) is 10.8 Å². The van der Waals surface area contributed by atoms with Gasteiger partial charge >= 0.3 is 0 Å². The Morgan fingerprint density at radius 3 is 2.11 bits per heavy atom. The zero-order valence-electron chi connectivity index (χ0n) is 10.4. The lowest BCUT2D eigenvalue weighted by Crippen LogP contribution is -2.15. The molecule has 1 N–H and O–H groups in total. The van der Waals surface area contributed by atoms with Crippen LogP contribution in [0.25, 0.3) is 0 Å². The highest BCUT2D eigenvalue weighted by Gasteiger charge is 2.03. The summed E-state index contributed by atoms with van der Waals surface area (Å²) in [5.41, 5.74) is 0. The number of halogens is 1. The van der Waals surface area contributed by atoms with E-state index in [1.165, 1.54) is 0 Å². The maximum atomic E-state index is 11.7. The fourth-order valence-corrected chi connectivity index (χ4v) is 2.42. The summed E-state index contributed by atoms with van der Waals surface area (Å²) in [6, 6.07) is 14.3. The Hall–Kier alpha value is -1.36. The molecule has 0 heterocycles. The van der Waals surface area contributed by atoms with Crippen molar-refractivity contribution in [2.45, 2.75) is 11.8 Å². The predicted molar refractivity (Wildman–Crippen MR) is 78.1 cm³/mol. The van der Waals surface area contributed by atoms with E-state index >= 15 is 0 Å². The van der Waals surface area contributed by atoms with Gasteiger partial charge in [-0.2, -0.15) is 0 Å². The van der Waals surface area contributed by atoms with Gasteiger partial charge in [-0.15, -0.1) is 0 Å². The first-order valence-corrected chi connectivity index (χ1v) is 7.40. The van der Waals surface area contributed by atoms with Gasteiger partial charge < -0.3 is 4.74 Å². The van der Waals surface area contributed by atoms with Crippen molar-refractivity contribution in [3.05, 3.63) is 53.6 Å². The van der Waals surface area contributed by atoms with Crippen LogP contribution in [0.4, 0.5) is 0 Å². The van der Waals surface area contributed by atoms with Crippen molar-refractivity contribution in [1.82, 2.24) is 4.72 Å². The van der Waals surface area contributed by atoms with Gasteiger partial charge in [0, 0.05) is 11.6 Å². The highest BCUT2D eigenvalue weighted by Crippen LogP contribution is 2.23. The molecule has 19 heavy (non-hydrogen) atoms. The SMILES string of the molecule is CCNS(=O)c1ccc(Oc2ccc(Cl)cc2)cc1. The lowest BCUT2D eigenvalue weighted by Gasteiger charge is -2.07. The van der Waals surface area contributed by atoms with Crippen LogP contribution in [0.1, 0.15) is 6.92 Å². The topological polar surface area (TPSA) is 38.3 Å². The molecule has 2 rings (SSSR count). The summed E-state index contributed by atoms with van der Waals surface area (Å²) in [7, 11) is -1.16. The number of hydrogen-bond acceptors (Lipinski definition) is 2. The van der Waals surface area contributed by atoms with Crippen molar-refractivity contribution in [2.24, 2.45) is 0 Å². The number of rotatable bonds is 5. The van der Waals surface area contributed by atoms with Gasteiger partial charge in [0.05, 0.1) is 4.90 Å². The molecular formula is C14H14ClNO2S. The quantitative estimate of drug-likeness (QED) is 0.912. The lowest BCUT2D eigenvalue weighted by molar-refractivity contribution is 0.482. The zero-order valence-corrected chi connectivity index (χ0v) is 12.0. The Labute approximate surface area is 120 Å². The highest BCUT2D eigenvalue weighted by atomic mass is 35.5. The van der Waals surface area contributed by atoms with Gasteiger partial charge in [-0.05, 0) is 48.5 Å². The minimum absolute atomic E-state index is 0.662. The molecule has 5 heteroatoms. The van der Waals surface area contributed by atoms with Crippen molar-refractivity contribution in [1.29, 1.82) is 0 Å². The first-order valence-electron chi connectivity index (χ1n) is 5.88. The Morgan fingerprint density at radius 1 is 1.05 bits per heavy atom. The van der Waals surface area contributed by atoms with Gasteiger partial charge in [-0.3, -0.25) is 0 Å². The second-order valence-corrected chi connectivity index (χ2v) is 5.53. The zero-order chi connectivity index (χ0) is 13.7. The minimum atomic E-state index is -1.16. The third-order valence-corrected chi connectivity index (χ3v) is 3.87. The Balaban J connectivity index is 2.06. The molecule has 0 radical (unpaired) electrons. The number of benzene rings is 2. The summed E-state index contributed by atoms with van der Waals surface area (Å²) in [5.74, 6) is 1.41. The second kappa shape index (κ2) is 6.70. The molecule has 3 nitrogen and oxygen atoms in total. The molecule has 0 bridgehead atoms. The average molecular weight is 296 g/mol. The second-order valence-electron chi connectivity index (χ2n) is 3.79. The molecule has 2 aromatic rings.